The maximum atomic E-state index is 9.68. The standard InChI is InChI=1S/C10H22N2O/c1-7-5-12(10(2,3)4)6-8(11)9(7)13/h7-9,13H,5-6,11H2,1-4H3/t7-,8+,9+/m1/s1. The number of aliphatic hydroxyl groups excluding tert-OH is 1. The zero-order valence-electron chi connectivity index (χ0n) is 9.12. The highest BCUT2D eigenvalue weighted by molar-refractivity contribution is 4.91. The van der Waals surface area contributed by atoms with Crippen molar-refractivity contribution in [2.45, 2.75) is 45.4 Å². The molecule has 0 saturated carbocycles. The van der Waals surface area contributed by atoms with Gasteiger partial charge in [0.1, 0.15) is 0 Å². The lowest BCUT2D eigenvalue weighted by molar-refractivity contribution is -0.0160. The van der Waals surface area contributed by atoms with Crippen molar-refractivity contribution < 1.29 is 5.11 Å². The van der Waals surface area contributed by atoms with Crippen LogP contribution in [0.2, 0.25) is 0 Å². The fraction of sp³-hybridized carbons (Fsp3) is 1.00. The van der Waals surface area contributed by atoms with E-state index in [4.69, 9.17) is 5.73 Å². The normalized spacial score (nSPS) is 37.8. The molecule has 0 bridgehead atoms. The summed E-state index contributed by atoms with van der Waals surface area (Å²) < 4.78 is 0. The van der Waals surface area contributed by atoms with E-state index < -0.39 is 0 Å². The predicted molar refractivity (Wildman–Crippen MR) is 54.5 cm³/mol. The Morgan fingerprint density at radius 3 is 2.23 bits per heavy atom. The predicted octanol–water partition coefficient (Wildman–Crippen LogP) is 0.425. The first-order valence-corrected chi connectivity index (χ1v) is 5.01. The molecule has 1 fully saturated rings. The van der Waals surface area contributed by atoms with Crippen LogP contribution in [0.4, 0.5) is 0 Å². The molecule has 1 rings (SSSR count). The van der Waals surface area contributed by atoms with Crippen LogP contribution in [-0.4, -0.2) is 40.8 Å². The second-order valence-corrected chi connectivity index (χ2v) is 5.21. The summed E-state index contributed by atoms with van der Waals surface area (Å²) in [6, 6.07) is -0.0945. The van der Waals surface area contributed by atoms with Gasteiger partial charge in [0.15, 0.2) is 0 Å². The van der Waals surface area contributed by atoms with E-state index in [1.807, 2.05) is 0 Å². The molecule has 0 aromatic rings. The van der Waals surface area contributed by atoms with Gasteiger partial charge in [-0.15, -0.1) is 0 Å². The van der Waals surface area contributed by atoms with Crippen LogP contribution in [-0.2, 0) is 0 Å². The molecule has 1 aliphatic rings. The molecule has 13 heavy (non-hydrogen) atoms. The minimum atomic E-state index is -0.335. The van der Waals surface area contributed by atoms with E-state index in [-0.39, 0.29) is 23.6 Å². The SMILES string of the molecule is C[C@@H]1CN(C(C)(C)C)C[C@H](N)[C@H]1O. The zero-order valence-corrected chi connectivity index (χ0v) is 9.12. The summed E-state index contributed by atoms with van der Waals surface area (Å²) >= 11 is 0. The van der Waals surface area contributed by atoms with Gasteiger partial charge in [0.25, 0.3) is 0 Å². The van der Waals surface area contributed by atoms with Crippen LogP contribution >= 0.6 is 0 Å². The molecule has 0 aromatic heterocycles. The lowest BCUT2D eigenvalue weighted by Gasteiger charge is -2.45. The van der Waals surface area contributed by atoms with Gasteiger partial charge < -0.3 is 10.8 Å². The summed E-state index contributed by atoms with van der Waals surface area (Å²) in [5.74, 6) is 0.281. The van der Waals surface area contributed by atoms with E-state index in [2.05, 4.69) is 32.6 Å². The van der Waals surface area contributed by atoms with Crippen LogP contribution < -0.4 is 5.73 Å². The maximum Gasteiger partial charge on any atom is 0.0741 e. The Bertz CT molecular complexity index is 164. The van der Waals surface area contributed by atoms with Crippen LogP contribution in [0.3, 0.4) is 0 Å². The van der Waals surface area contributed by atoms with E-state index in [0.717, 1.165) is 13.1 Å². The smallest absolute Gasteiger partial charge is 0.0741 e. The van der Waals surface area contributed by atoms with Gasteiger partial charge in [-0.3, -0.25) is 4.90 Å². The second-order valence-electron chi connectivity index (χ2n) is 5.21. The number of nitrogens with two attached hydrogens (primary N) is 1. The van der Waals surface area contributed by atoms with Crippen molar-refractivity contribution >= 4 is 0 Å². The van der Waals surface area contributed by atoms with E-state index in [1.54, 1.807) is 0 Å². The molecular weight excluding hydrogens is 164 g/mol. The van der Waals surface area contributed by atoms with Crippen molar-refractivity contribution in [3.05, 3.63) is 0 Å². The molecule has 0 aromatic carbocycles. The lowest BCUT2D eigenvalue weighted by Crippen LogP contribution is -2.60. The van der Waals surface area contributed by atoms with E-state index in [0.29, 0.717) is 0 Å². The monoisotopic (exact) mass is 186 g/mol. The molecule has 78 valence electrons. The van der Waals surface area contributed by atoms with Crippen LogP contribution in [0.1, 0.15) is 27.7 Å². The molecule has 3 atom stereocenters. The average molecular weight is 186 g/mol. The van der Waals surface area contributed by atoms with Crippen molar-refractivity contribution in [1.29, 1.82) is 0 Å². The van der Waals surface area contributed by atoms with Gasteiger partial charge in [0, 0.05) is 24.7 Å². The molecule has 0 amide bonds. The quantitative estimate of drug-likeness (QED) is 0.576. The molecule has 3 N–H and O–H groups in total. The van der Waals surface area contributed by atoms with Crippen LogP contribution in [0, 0.1) is 5.92 Å². The number of nitrogens with zero attached hydrogens (tertiary/aromatic N) is 1. The van der Waals surface area contributed by atoms with Gasteiger partial charge in [-0.25, -0.2) is 0 Å². The first-order valence-electron chi connectivity index (χ1n) is 5.01. The van der Waals surface area contributed by atoms with Crippen LogP contribution in [0.15, 0.2) is 0 Å². The Labute approximate surface area is 80.9 Å². The molecule has 0 unspecified atom stereocenters. The Morgan fingerprint density at radius 2 is 1.85 bits per heavy atom. The summed E-state index contributed by atoms with van der Waals surface area (Å²) in [5.41, 5.74) is 6.02. The van der Waals surface area contributed by atoms with Crippen molar-refractivity contribution in [3.8, 4) is 0 Å². The van der Waals surface area contributed by atoms with Gasteiger partial charge in [0.05, 0.1) is 6.10 Å². The third kappa shape index (κ3) is 2.42. The minimum absolute atomic E-state index is 0.0945. The zero-order chi connectivity index (χ0) is 10.2. The van der Waals surface area contributed by atoms with Gasteiger partial charge >= 0.3 is 0 Å². The number of hydrogen-bond acceptors (Lipinski definition) is 3. The molecular formula is C10H22N2O. The van der Waals surface area contributed by atoms with Crippen LogP contribution in [0.5, 0.6) is 0 Å². The Hall–Kier alpha value is -0.120. The largest absolute Gasteiger partial charge is 0.391 e. The minimum Gasteiger partial charge on any atom is -0.391 e. The highest BCUT2D eigenvalue weighted by atomic mass is 16.3. The van der Waals surface area contributed by atoms with Gasteiger partial charge in [0.2, 0.25) is 0 Å². The van der Waals surface area contributed by atoms with Gasteiger partial charge in [-0.1, -0.05) is 6.92 Å². The van der Waals surface area contributed by atoms with Crippen molar-refractivity contribution in [2.24, 2.45) is 11.7 Å². The molecule has 1 heterocycles. The number of piperidine rings is 1. The molecule has 1 saturated heterocycles. The van der Waals surface area contributed by atoms with Crippen molar-refractivity contribution in [2.75, 3.05) is 13.1 Å². The topological polar surface area (TPSA) is 49.5 Å². The summed E-state index contributed by atoms with van der Waals surface area (Å²) in [6.07, 6.45) is -0.335. The molecule has 3 nitrogen and oxygen atoms in total. The number of aliphatic hydroxyl groups is 1. The van der Waals surface area contributed by atoms with E-state index in [1.165, 1.54) is 0 Å². The van der Waals surface area contributed by atoms with E-state index in [9.17, 15) is 5.11 Å². The Morgan fingerprint density at radius 1 is 1.31 bits per heavy atom. The van der Waals surface area contributed by atoms with E-state index >= 15 is 0 Å². The third-order valence-electron chi connectivity index (χ3n) is 2.91. The molecule has 0 radical (unpaired) electrons. The maximum absolute atomic E-state index is 9.68. The molecule has 0 spiro atoms. The fourth-order valence-electron chi connectivity index (χ4n) is 1.86. The molecule has 0 aliphatic carbocycles. The van der Waals surface area contributed by atoms with Gasteiger partial charge in [-0.2, -0.15) is 0 Å². The van der Waals surface area contributed by atoms with Gasteiger partial charge in [-0.05, 0) is 26.7 Å². The molecule has 1 aliphatic heterocycles. The number of hydrogen-bond donors (Lipinski definition) is 2. The highest BCUT2D eigenvalue weighted by Gasteiger charge is 2.35. The number of rotatable bonds is 0. The molecule has 3 heteroatoms. The van der Waals surface area contributed by atoms with Crippen molar-refractivity contribution in [1.82, 2.24) is 4.90 Å². The summed E-state index contributed by atoms with van der Waals surface area (Å²) in [6.45, 7) is 10.4. The third-order valence-corrected chi connectivity index (χ3v) is 2.91. The second kappa shape index (κ2) is 3.56. The Balaban J connectivity index is 2.64. The average Bonchev–Trinajstić information content (AvgIpc) is 1.97. The first-order chi connectivity index (χ1) is 5.82. The summed E-state index contributed by atoms with van der Waals surface area (Å²) in [5, 5.41) is 9.68. The number of likely N-dealkylation sites (tertiary alicyclic amines) is 1. The lowest BCUT2D eigenvalue weighted by atomic mass is 9.89. The summed E-state index contributed by atoms with van der Waals surface area (Å²) in [4.78, 5) is 2.34. The summed E-state index contributed by atoms with van der Waals surface area (Å²) in [7, 11) is 0. The van der Waals surface area contributed by atoms with Crippen LogP contribution in [0.25, 0.3) is 0 Å². The first kappa shape index (κ1) is 11.0. The fourth-order valence-corrected chi connectivity index (χ4v) is 1.86. The van der Waals surface area contributed by atoms with Crippen molar-refractivity contribution in [3.63, 3.8) is 0 Å². The highest BCUT2D eigenvalue weighted by Crippen LogP contribution is 2.23. The Kier molecular flexibility index (Phi) is 3.00.